The quantitative estimate of drug-likeness (QED) is 0.727. The highest BCUT2D eigenvalue weighted by Crippen LogP contribution is 2.18. The van der Waals surface area contributed by atoms with Crippen molar-refractivity contribution in [1.82, 2.24) is 0 Å². The van der Waals surface area contributed by atoms with Crippen LogP contribution in [0.3, 0.4) is 0 Å². The molecule has 0 saturated carbocycles. The lowest BCUT2D eigenvalue weighted by molar-refractivity contribution is -0.158. The van der Waals surface area contributed by atoms with Crippen LogP contribution in [0.4, 0.5) is 0 Å². The molecule has 1 aromatic carbocycles. The predicted molar refractivity (Wildman–Crippen MR) is 67.1 cm³/mol. The van der Waals surface area contributed by atoms with Crippen molar-refractivity contribution in [2.45, 2.75) is 26.2 Å². The van der Waals surface area contributed by atoms with Crippen LogP contribution in [0.15, 0.2) is 30.3 Å². The fourth-order valence-corrected chi connectivity index (χ4v) is 1.55. The van der Waals surface area contributed by atoms with Crippen molar-refractivity contribution < 1.29 is 19.1 Å². The highest BCUT2D eigenvalue weighted by molar-refractivity contribution is 5.76. The van der Waals surface area contributed by atoms with Crippen molar-refractivity contribution >= 4 is 11.9 Å². The summed E-state index contributed by atoms with van der Waals surface area (Å²) in [5.41, 5.74) is 1.07. The molecular weight excluding hydrogens is 232 g/mol. The largest absolute Gasteiger partial charge is 0.463 e. The molecule has 1 aromatic rings. The highest BCUT2D eigenvalue weighted by Gasteiger charge is 2.13. The number of ether oxygens (including phenoxy) is 2. The van der Waals surface area contributed by atoms with Crippen molar-refractivity contribution in [1.29, 1.82) is 0 Å². The Morgan fingerprint density at radius 2 is 1.78 bits per heavy atom. The van der Waals surface area contributed by atoms with Gasteiger partial charge in [-0.05, 0) is 18.4 Å². The van der Waals surface area contributed by atoms with Crippen LogP contribution in [0.1, 0.15) is 31.7 Å². The number of benzene rings is 1. The van der Waals surface area contributed by atoms with Gasteiger partial charge in [0.25, 0.3) is 0 Å². The summed E-state index contributed by atoms with van der Waals surface area (Å²) in [5, 5.41) is 0. The zero-order valence-electron chi connectivity index (χ0n) is 10.7. The Kier molecular flexibility index (Phi) is 5.91. The molecule has 0 aromatic heterocycles. The van der Waals surface area contributed by atoms with E-state index in [-0.39, 0.29) is 31.5 Å². The van der Waals surface area contributed by atoms with Crippen molar-refractivity contribution in [3.05, 3.63) is 35.9 Å². The van der Waals surface area contributed by atoms with Crippen molar-refractivity contribution in [2.75, 3.05) is 13.2 Å². The first-order chi connectivity index (χ1) is 8.63. The minimum atomic E-state index is -0.516. The van der Waals surface area contributed by atoms with E-state index in [0.29, 0.717) is 0 Å². The normalized spacial score (nSPS) is 11.7. The summed E-state index contributed by atoms with van der Waals surface area (Å²) in [6.07, 6.45) is 0.253. The number of carbonyl (C=O) groups excluding carboxylic acids is 2. The smallest absolute Gasteiger partial charge is 0.344 e. The van der Waals surface area contributed by atoms with Gasteiger partial charge in [0, 0.05) is 0 Å². The number of hydrogen-bond acceptors (Lipinski definition) is 4. The minimum Gasteiger partial charge on any atom is -0.463 e. The second kappa shape index (κ2) is 7.48. The lowest BCUT2D eigenvalue weighted by Gasteiger charge is -2.11. The van der Waals surface area contributed by atoms with E-state index >= 15 is 0 Å². The Balaban J connectivity index is 2.34. The topological polar surface area (TPSA) is 52.6 Å². The van der Waals surface area contributed by atoms with Gasteiger partial charge in [-0.15, -0.1) is 0 Å². The van der Waals surface area contributed by atoms with Gasteiger partial charge >= 0.3 is 11.9 Å². The van der Waals surface area contributed by atoms with Crippen LogP contribution in [-0.4, -0.2) is 25.2 Å². The SMILES string of the molecule is CCOC(=O)COC(=O)CC(C)c1ccccc1. The van der Waals surface area contributed by atoms with E-state index in [0.717, 1.165) is 5.56 Å². The van der Waals surface area contributed by atoms with Gasteiger partial charge in [0.1, 0.15) is 0 Å². The zero-order chi connectivity index (χ0) is 13.4. The van der Waals surface area contributed by atoms with Crippen LogP contribution in [0.2, 0.25) is 0 Å². The van der Waals surface area contributed by atoms with E-state index < -0.39 is 5.97 Å². The van der Waals surface area contributed by atoms with Gasteiger partial charge in [-0.2, -0.15) is 0 Å². The maximum absolute atomic E-state index is 11.5. The summed E-state index contributed by atoms with van der Waals surface area (Å²) in [7, 11) is 0. The maximum atomic E-state index is 11.5. The standard InChI is InChI=1S/C14H18O4/c1-3-17-14(16)10-18-13(15)9-11(2)12-7-5-4-6-8-12/h4-8,11H,3,9-10H2,1-2H3. The van der Waals surface area contributed by atoms with Crippen LogP contribution in [-0.2, 0) is 19.1 Å². The van der Waals surface area contributed by atoms with Crippen molar-refractivity contribution in [2.24, 2.45) is 0 Å². The summed E-state index contributed by atoms with van der Waals surface area (Å²) in [4.78, 5) is 22.5. The predicted octanol–water partition coefficient (Wildman–Crippen LogP) is 2.29. The summed E-state index contributed by atoms with van der Waals surface area (Å²) >= 11 is 0. The Labute approximate surface area is 107 Å². The molecule has 0 aliphatic rings. The van der Waals surface area contributed by atoms with Crippen molar-refractivity contribution in [3.63, 3.8) is 0 Å². The molecule has 4 heteroatoms. The van der Waals surface area contributed by atoms with Crippen LogP contribution >= 0.6 is 0 Å². The average Bonchev–Trinajstić information content (AvgIpc) is 2.38. The summed E-state index contributed by atoms with van der Waals surface area (Å²) in [6, 6.07) is 9.70. The molecule has 1 rings (SSSR count). The van der Waals surface area contributed by atoms with Gasteiger partial charge in [0.05, 0.1) is 13.0 Å². The molecule has 0 aliphatic carbocycles. The van der Waals surface area contributed by atoms with Gasteiger partial charge in [0.15, 0.2) is 6.61 Å². The van der Waals surface area contributed by atoms with E-state index in [9.17, 15) is 9.59 Å². The van der Waals surface area contributed by atoms with E-state index in [4.69, 9.17) is 4.74 Å². The zero-order valence-corrected chi connectivity index (χ0v) is 10.7. The molecule has 1 atom stereocenters. The van der Waals surface area contributed by atoms with E-state index in [2.05, 4.69) is 4.74 Å². The van der Waals surface area contributed by atoms with E-state index in [1.165, 1.54) is 0 Å². The Morgan fingerprint density at radius 3 is 2.39 bits per heavy atom. The molecule has 0 amide bonds. The summed E-state index contributed by atoms with van der Waals surface area (Å²) < 4.78 is 9.50. The first-order valence-electron chi connectivity index (χ1n) is 5.99. The van der Waals surface area contributed by atoms with Gasteiger partial charge in [-0.1, -0.05) is 37.3 Å². The molecule has 98 valence electrons. The Hall–Kier alpha value is -1.84. The van der Waals surface area contributed by atoms with Gasteiger partial charge in [-0.3, -0.25) is 4.79 Å². The Morgan fingerprint density at radius 1 is 1.11 bits per heavy atom. The molecule has 0 bridgehead atoms. The lowest BCUT2D eigenvalue weighted by Crippen LogP contribution is -2.17. The first kappa shape index (κ1) is 14.2. The third-order valence-electron chi connectivity index (χ3n) is 2.50. The van der Waals surface area contributed by atoms with Gasteiger partial charge in [0.2, 0.25) is 0 Å². The molecule has 0 radical (unpaired) electrons. The molecule has 0 saturated heterocycles. The van der Waals surface area contributed by atoms with Crippen LogP contribution < -0.4 is 0 Å². The van der Waals surface area contributed by atoms with Crippen molar-refractivity contribution in [3.8, 4) is 0 Å². The number of hydrogen-bond donors (Lipinski definition) is 0. The van der Waals surface area contributed by atoms with Crippen LogP contribution in [0, 0.1) is 0 Å². The highest BCUT2D eigenvalue weighted by atomic mass is 16.6. The van der Waals surface area contributed by atoms with E-state index in [1.807, 2.05) is 37.3 Å². The molecule has 0 heterocycles. The number of esters is 2. The fourth-order valence-electron chi connectivity index (χ4n) is 1.55. The Bertz CT molecular complexity index is 386. The molecule has 0 N–H and O–H groups in total. The first-order valence-corrected chi connectivity index (χ1v) is 5.99. The third kappa shape index (κ3) is 4.99. The molecular formula is C14H18O4. The van der Waals surface area contributed by atoms with Crippen LogP contribution in [0.25, 0.3) is 0 Å². The van der Waals surface area contributed by atoms with Crippen LogP contribution in [0.5, 0.6) is 0 Å². The second-order valence-electron chi connectivity index (χ2n) is 3.98. The molecule has 0 spiro atoms. The molecule has 4 nitrogen and oxygen atoms in total. The third-order valence-corrected chi connectivity index (χ3v) is 2.50. The molecule has 0 fully saturated rings. The molecule has 18 heavy (non-hydrogen) atoms. The second-order valence-corrected chi connectivity index (χ2v) is 3.98. The molecule has 1 unspecified atom stereocenters. The summed E-state index contributed by atoms with van der Waals surface area (Å²) in [5.74, 6) is -0.835. The minimum absolute atomic E-state index is 0.0703. The average molecular weight is 250 g/mol. The number of carbonyl (C=O) groups is 2. The summed E-state index contributed by atoms with van der Waals surface area (Å²) in [6.45, 7) is 3.63. The lowest BCUT2D eigenvalue weighted by atomic mass is 9.98. The maximum Gasteiger partial charge on any atom is 0.344 e. The monoisotopic (exact) mass is 250 g/mol. The number of rotatable bonds is 6. The van der Waals surface area contributed by atoms with Gasteiger partial charge in [-0.25, -0.2) is 4.79 Å². The van der Waals surface area contributed by atoms with Gasteiger partial charge < -0.3 is 9.47 Å². The molecule has 0 aliphatic heterocycles. The fraction of sp³-hybridized carbons (Fsp3) is 0.429. The van der Waals surface area contributed by atoms with E-state index in [1.54, 1.807) is 6.92 Å².